The zero-order valence-electron chi connectivity index (χ0n) is 64.8. The zero-order chi connectivity index (χ0) is 69.7. The van der Waals surface area contributed by atoms with Gasteiger partial charge in [0.15, 0.2) is 0 Å². The van der Waals surface area contributed by atoms with Crippen molar-refractivity contribution in [3.05, 3.63) is 0 Å². The molecule has 10 heteroatoms. The minimum atomic E-state index is -0.354. The normalized spacial score (nSPS) is 21.3. The maximum atomic E-state index is 12.4. The van der Waals surface area contributed by atoms with Crippen molar-refractivity contribution in [2.24, 2.45) is 27.1 Å². The van der Waals surface area contributed by atoms with E-state index in [1.807, 2.05) is 83.1 Å². The number of ether oxygens (including phenoxy) is 5. The van der Waals surface area contributed by atoms with Gasteiger partial charge in [0.2, 0.25) is 0 Å². The van der Waals surface area contributed by atoms with E-state index in [1.54, 1.807) is 0 Å². The molecule has 0 aromatic heterocycles. The van der Waals surface area contributed by atoms with Crippen LogP contribution in [0.1, 0.15) is 440 Å². The Morgan fingerprint density at radius 3 is 0.500 bits per heavy atom. The van der Waals surface area contributed by atoms with E-state index in [0.717, 1.165) is 109 Å². The summed E-state index contributed by atoms with van der Waals surface area (Å²) in [4.78, 5) is 61.4. The van der Waals surface area contributed by atoms with Crippen molar-refractivity contribution in [1.82, 2.24) is 0 Å². The molecule has 0 aromatic carbocycles. The Bertz CT molecular complexity index is 1980. The first kappa shape index (κ1) is 87.4. The molecular weight excluding hydrogens is 1140 g/mol. The van der Waals surface area contributed by atoms with Gasteiger partial charge in [-0.25, -0.2) is 0 Å². The summed E-state index contributed by atoms with van der Waals surface area (Å²) in [6, 6.07) is 0. The van der Waals surface area contributed by atoms with Gasteiger partial charge in [0.05, 0.1) is 27.1 Å². The average molecular weight is 1300 g/mol. The lowest BCUT2D eigenvalue weighted by Gasteiger charge is -2.37. The average Bonchev–Trinajstić information content (AvgIpc) is 2.56. The molecule has 10 nitrogen and oxygen atoms in total. The van der Waals surface area contributed by atoms with Crippen molar-refractivity contribution in [3.8, 4) is 0 Å². The van der Waals surface area contributed by atoms with Crippen LogP contribution >= 0.6 is 0 Å². The molecule has 5 aliphatic rings. The number of hydrogen-bond acceptors (Lipinski definition) is 10. The molecule has 0 radical (unpaired) electrons. The molecule has 0 aliphatic heterocycles. The van der Waals surface area contributed by atoms with Crippen LogP contribution in [0, 0.1) is 27.1 Å². The summed E-state index contributed by atoms with van der Waals surface area (Å²) >= 11 is 0. The van der Waals surface area contributed by atoms with Gasteiger partial charge in [-0.05, 0) is 263 Å². The Kier molecular flexibility index (Phi) is 41.4. The van der Waals surface area contributed by atoms with E-state index < -0.39 is 0 Å². The van der Waals surface area contributed by atoms with Gasteiger partial charge in [0.25, 0.3) is 0 Å². The van der Waals surface area contributed by atoms with Crippen molar-refractivity contribution >= 4 is 29.8 Å². The maximum absolute atomic E-state index is 12.4. The van der Waals surface area contributed by atoms with Crippen LogP contribution in [0.25, 0.3) is 0 Å². The topological polar surface area (TPSA) is 132 Å². The minimum absolute atomic E-state index is 0.00702. The molecule has 0 spiro atoms. The first-order chi connectivity index (χ1) is 43.1. The zero-order valence-corrected chi connectivity index (χ0v) is 64.8. The standard InChI is InChI=1S/C19H36O2.C17H32O2.C16H30O2.2C15H28O2/c1-5-18(2,3)17(20)21-19(4)15-13-11-9-7-6-8-10-12-14-16-19;1-5-16(2,3)15(18)19-17(4)13-11-9-7-6-8-10-12-14-17;1-5-15(3,4)14(17)18-16(6-2)12-10-8-7-9-11-13-16;1-5-14(2,3)13(16)17-15(4)11-9-7-6-8-10-12-15;1-5-14(3,4)13(16)17-15(6-2)11-9-7-8-10-12-15/h5-16H2,1-4H3;5-14H2,1-4H3;5-13H2,1-4H3;2*5-12H2,1-4H3. The summed E-state index contributed by atoms with van der Waals surface area (Å²) in [5, 5.41) is 0. The van der Waals surface area contributed by atoms with Crippen LogP contribution in [0.3, 0.4) is 0 Å². The molecule has 0 bridgehead atoms. The number of hydrogen-bond donors (Lipinski definition) is 0. The van der Waals surface area contributed by atoms with Gasteiger partial charge in [-0.2, -0.15) is 0 Å². The lowest BCUT2D eigenvalue weighted by atomic mass is 9.83. The largest absolute Gasteiger partial charge is 0.459 e. The first-order valence-electron chi connectivity index (χ1n) is 39.3. The summed E-state index contributed by atoms with van der Waals surface area (Å²) in [5.41, 5.74) is -2.77. The lowest BCUT2D eigenvalue weighted by molar-refractivity contribution is -0.174. The van der Waals surface area contributed by atoms with Gasteiger partial charge in [-0.1, -0.05) is 177 Å². The number of esters is 5. The van der Waals surface area contributed by atoms with Crippen LogP contribution in [-0.2, 0) is 47.7 Å². The maximum Gasteiger partial charge on any atom is 0.312 e. The Labute approximate surface area is 570 Å². The molecule has 0 atom stereocenters. The Morgan fingerprint density at radius 1 is 0.228 bits per heavy atom. The quantitative estimate of drug-likeness (QED) is 0.0788. The Hall–Kier alpha value is -2.65. The molecule has 5 rings (SSSR count). The van der Waals surface area contributed by atoms with E-state index in [4.69, 9.17) is 23.7 Å². The third-order valence-electron chi connectivity index (χ3n) is 23.1. The van der Waals surface area contributed by atoms with Crippen molar-refractivity contribution in [1.29, 1.82) is 0 Å². The summed E-state index contributed by atoms with van der Waals surface area (Å²) in [7, 11) is 0. The van der Waals surface area contributed by atoms with E-state index in [-0.39, 0.29) is 84.9 Å². The van der Waals surface area contributed by atoms with Gasteiger partial charge in [-0.15, -0.1) is 0 Å². The Morgan fingerprint density at radius 2 is 0.359 bits per heavy atom. The van der Waals surface area contributed by atoms with E-state index in [2.05, 4.69) is 55.4 Å². The van der Waals surface area contributed by atoms with Crippen LogP contribution in [0.15, 0.2) is 0 Å². The number of carbonyl (C=O) groups is 5. The smallest absolute Gasteiger partial charge is 0.312 e. The van der Waals surface area contributed by atoms with E-state index in [9.17, 15) is 24.0 Å². The Balaban J connectivity index is 0.000000576. The number of carbonyl (C=O) groups excluding carboxylic acids is 5. The monoisotopic (exact) mass is 1300 g/mol. The van der Waals surface area contributed by atoms with Crippen LogP contribution in [0.5, 0.6) is 0 Å². The van der Waals surface area contributed by atoms with Gasteiger partial charge in [-0.3, -0.25) is 24.0 Å². The van der Waals surface area contributed by atoms with E-state index in [0.29, 0.717) is 0 Å². The summed E-state index contributed by atoms with van der Waals surface area (Å²) in [6.07, 6.45) is 54.8. The SMILES string of the molecule is CCC(C)(C)C(=O)OC1(C)CCCCCCC1.CCC(C)(C)C(=O)OC1(C)CCCCCCCCC1.CCC(C)(C)C(=O)OC1(C)CCCCCCCCCCC1.CCC1(OC(=O)C(C)(C)CC)CCCCCC1.CCC1(OC(=O)C(C)(C)CC)CCCCCCC1. The van der Waals surface area contributed by atoms with Crippen molar-refractivity contribution in [2.75, 3.05) is 0 Å². The third-order valence-corrected chi connectivity index (χ3v) is 23.1. The highest BCUT2D eigenvalue weighted by Gasteiger charge is 2.41. The van der Waals surface area contributed by atoms with Crippen LogP contribution in [0.4, 0.5) is 0 Å². The molecule has 0 saturated heterocycles. The van der Waals surface area contributed by atoms with Crippen LogP contribution in [-0.4, -0.2) is 57.9 Å². The van der Waals surface area contributed by atoms with Gasteiger partial charge < -0.3 is 23.7 Å². The molecule has 0 heterocycles. The van der Waals surface area contributed by atoms with Crippen molar-refractivity contribution in [3.63, 3.8) is 0 Å². The van der Waals surface area contributed by atoms with Crippen LogP contribution in [0.2, 0.25) is 0 Å². The van der Waals surface area contributed by atoms with E-state index in [1.165, 1.54) is 193 Å². The minimum Gasteiger partial charge on any atom is -0.459 e. The highest BCUT2D eigenvalue weighted by Crippen LogP contribution is 2.40. The molecule has 5 aliphatic carbocycles. The van der Waals surface area contributed by atoms with Gasteiger partial charge >= 0.3 is 29.8 Å². The van der Waals surface area contributed by atoms with Gasteiger partial charge in [0.1, 0.15) is 28.0 Å². The molecular formula is C82H154O10. The fourth-order valence-corrected chi connectivity index (χ4v) is 12.8. The predicted molar refractivity (Wildman–Crippen MR) is 387 cm³/mol. The second kappa shape index (κ2) is 43.6. The van der Waals surface area contributed by atoms with Gasteiger partial charge in [0, 0.05) is 0 Å². The molecule has 92 heavy (non-hydrogen) atoms. The second-order valence-electron chi connectivity index (χ2n) is 33.7. The molecule has 0 amide bonds. The lowest BCUT2D eigenvalue weighted by Crippen LogP contribution is -2.40. The molecule has 0 unspecified atom stereocenters. The fourth-order valence-electron chi connectivity index (χ4n) is 12.8. The fraction of sp³-hybridized carbons (Fsp3) is 0.939. The second-order valence-corrected chi connectivity index (χ2v) is 33.7. The van der Waals surface area contributed by atoms with Crippen LogP contribution < -0.4 is 0 Å². The molecule has 0 N–H and O–H groups in total. The summed E-state index contributed by atoms with van der Waals surface area (Å²) in [5.74, 6) is -0.0756. The number of rotatable bonds is 17. The molecule has 0 aromatic rings. The highest BCUT2D eigenvalue weighted by atomic mass is 16.6. The third kappa shape index (κ3) is 34.0. The molecule has 5 saturated carbocycles. The summed E-state index contributed by atoms with van der Waals surface area (Å²) in [6.45, 7) is 40.8. The predicted octanol–water partition coefficient (Wildman–Crippen LogP) is 25.1. The highest BCUT2D eigenvalue weighted by molar-refractivity contribution is 5.78. The van der Waals surface area contributed by atoms with E-state index >= 15 is 0 Å². The van der Waals surface area contributed by atoms with Crippen molar-refractivity contribution in [2.45, 2.75) is 468 Å². The first-order valence-corrected chi connectivity index (χ1v) is 39.3. The van der Waals surface area contributed by atoms with Crippen molar-refractivity contribution < 1.29 is 47.7 Å². The molecule has 542 valence electrons. The summed E-state index contributed by atoms with van der Waals surface area (Å²) < 4.78 is 29.7. The molecule has 5 fully saturated rings.